The number of thioether (sulfide) groups is 1. The summed E-state index contributed by atoms with van der Waals surface area (Å²) in [6, 6.07) is 5.88. The number of nitro benzene ring substituents is 1. The molecule has 3 rings (SSSR count). The molecule has 2 aromatic rings. The van der Waals surface area contributed by atoms with Gasteiger partial charge in [-0.1, -0.05) is 23.9 Å². The minimum absolute atomic E-state index is 0.137. The summed E-state index contributed by atoms with van der Waals surface area (Å²) in [6.07, 6.45) is 1.41. The summed E-state index contributed by atoms with van der Waals surface area (Å²) in [5, 5.41) is 14.7. The van der Waals surface area contributed by atoms with E-state index in [1.807, 2.05) is 0 Å². The normalized spacial score (nSPS) is 15.7. The van der Waals surface area contributed by atoms with Crippen molar-refractivity contribution in [2.24, 2.45) is 0 Å². The number of nitrogens with one attached hydrogen (secondary N) is 2. The number of allylic oxidation sites excluding steroid dienone is 1. The molecule has 152 valence electrons. The molecule has 9 nitrogen and oxygen atoms in total. The third kappa shape index (κ3) is 4.02. The molecule has 1 aliphatic heterocycles. The molecule has 0 aliphatic carbocycles. The second-order valence-electron chi connectivity index (χ2n) is 6.74. The van der Waals surface area contributed by atoms with E-state index in [0.717, 1.165) is 0 Å². The predicted molar refractivity (Wildman–Crippen MR) is 109 cm³/mol. The van der Waals surface area contributed by atoms with E-state index in [-0.39, 0.29) is 22.9 Å². The fourth-order valence-electron chi connectivity index (χ4n) is 3.23. The third-order valence-corrected chi connectivity index (χ3v) is 4.97. The summed E-state index contributed by atoms with van der Waals surface area (Å²) < 4.78 is 5.38. The molecule has 10 heteroatoms. The maximum Gasteiger partial charge on any atom is 0.337 e. The Balaban J connectivity index is 2.27. The zero-order valence-electron chi connectivity index (χ0n) is 16.3. The average molecular weight is 416 g/mol. The lowest BCUT2D eigenvalue weighted by atomic mass is 9.82. The number of H-pyrrole nitrogens is 1. The Morgan fingerprint density at radius 1 is 1.38 bits per heavy atom. The molecule has 1 aromatic heterocycles. The third-order valence-electron chi connectivity index (χ3n) is 4.39. The number of hydrogen-bond acceptors (Lipinski definition) is 8. The molecule has 2 N–H and O–H groups in total. The number of ether oxygens (including phenoxy) is 1. The number of benzene rings is 1. The van der Waals surface area contributed by atoms with E-state index in [2.05, 4.69) is 15.3 Å². The van der Waals surface area contributed by atoms with Gasteiger partial charge in [0.25, 0.3) is 11.2 Å². The van der Waals surface area contributed by atoms with E-state index in [9.17, 15) is 19.7 Å². The van der Waals surface area contributed by atoms with Gasteiger partial charge in [0.15, 0.2) is 5.16 Å². The van der Waals surface area contributed by atoms with Crippen molar-refractivity contribution in [3.8, 4) is 0 Å². The lowest BCUT2D eigenvalue weighted by Crippen LogP contribution is -2.31. The number of nitro groups is 1. The molecule has 0 amide bonds. The Morgan fingerprint density at radius 3 is 2.72 bits per heavy atom. The first-order chi connectivity index (χ1) is 13.7. The largest absolute Gasteiger partial charge is 0.460 e. The first-order valence-electron chi connectivity index (χ1n) is 8.84. The maximum absolute atomic E-state index is 12.9. The molecule has 29 heavy (non-hydrogen) atoms. The lowest BCUT2D eigenvalue weighted by molar-refractivity contribution is -0.384. The van der Waals surface area contributed by atoms with Gasteiger partial charge in [-0.05, 0) is 32.6 Å². The number of esters is 1. The number of hydrogen-bond donors (Lipinski definition) is 2. The second kappa shape index (κ2) is 8.08. The molecule has 0 saturated heterocycles. The Kier molecular flexibility index (Phi) is 5.73. The van der Waals surface area contributed by atoms with E-state index < -0.39 is 22.4 Å². The van der Waals surface area contributed by atoms with Crippen LogP contribution in [0, 0.1) is 10.1 Å². The van der Waals surface area contributed by atoms with Crippen LogP contribution in [0.1, 0.15) is 37.8 Å². The van der Waals surface area contributed by atoms with Crippen LogP contribution in [-0.4, -0.2) is 33.2 Å². The van der Waals surface area contributed by atoms with Crippen molar-refractivity contribution >= 4 is 29.2 Å². The summed E-state index contributed by atoms with van der Waals surface area (Å²) in [7, 11) is 0. The van der Waals surface area contributed by atoms with Crippen LogP contribution in [-0.2, 0) is 9.53 Å². The van der Waals surface area contributed by atoms with Crippen LogP contribution in [0.3, 0.4) is 0 Å². The number of anilines is 1. The molecular formula is C19H20N4O5S. The van der Waals surface area contributed by atoms with Gasteiger partial charge in [0.05, 0.1) is 28.1 Å². The highest BCUT2D eigenvalue weighted by Gasteiger charge is 2.37. The quantitative estimate of drug-likeness (QED) is 0.250. The summed E-state index contributed by atoms with van der Waals surface area (Å²) in [5.74, 6) is -1.14. The summed E-state index contributed by atoms with van der Waals surface area (Å²) in [6.45, 7) is 5.13. The molecular weight excluding hydrogens is 396 g/mol. The zero-order chi connectivity index (χ0) is 21.3. The van der Waals surface area contributed by atoms with Gasteiger partial charge in [0, 0.05) is 17.8 Å². The van der Waals surface area contributed by atoms with Crippen LogP contribution in [0.2, 0.25) is 0 Å². The maximum atomic E-state index is 12.9. The minimum atomic E-state index is -0.857. The van der Waals surface area contributed by atoms with Crippen LogP contribution in [0.15, 0.2) is 45.5 Å². The molecule has 0 radical (unpaired) electrons. The SMILES string of the molecule is CSc1nc2c(c(=O)[nH]1)C(c1cccc([N+](=O)[O-])c1)C(C(=O)OC(C)C)=C(C)N2. The molecule has 1 unspecified atom stereocenters. The Labute approximate surface area is 170 Å². The van der Waals surface area contributed by atoms with Crippen molar-refractivity contribution in [2.75, 3.05) is 11.6 Å². The van der Waals surface area contributed by atoms with Crippen molar-refractivity contribution < 1.29 is 14.5 Å². The van der Waals surface area contributed by atoms with Crippen LogP contribution in [0.4, 0.5) is 11.5 Å². The van der Waals surface area contributed by atoms with E-state index >= 15 is 0 Å². The molecule has 0 fully saturated rings. The van der Waals surface area contributed by atoms with Crippen LogP contribution >= 0.6 is 11.8 Å². The monoisotopic (exact) mass is 416 g/mol. The number of fused-ring (bicyclic) bond motifs is 1. The number of rotatable bonds is 5. The van der Waals surface area contributed by atoms with Crippen LogP contribution < -0.4 is 10.9 Å². The summed E-state index contributed by atoms with van der Waals surface area (Å²) in [5.41, 5.74) is 0.777. The number of carbonyl (C=O) groups is 1. The minimum Gasteiger partial charge on any atom is -0.460 e. The lowest BCUT2D eigenvalue weighted by Gasteiger charge is -2.29. The van der Waals surface area contributed by atoms with E-state index in [1.165, 1.54) is 30.0 Å². The van der Waals surface area contributed by atoms with Crippen LogP contribution in [0.5, 0.6) is 0 Å². The number of aromatic amines is 1. The smallest absolute Gasteiger partial charge is 0.337 e. The van der Waals surface area contributed by atoms with E-state index in [1.54, 1.807) is 33.1 Å². The van der Waals surface area contributed by atoms with Gasteiger partial charge in [0.2, 0.25) is 0 Å². The molecule has 1 aliphatic rings. The zero-order valence-corrected chi connectivity index (χ0v) is 17.1. The van der Waals surface area contributed by atoms with E-state index in [4.69, 9.17) is 4.74 Å². The Hall–Kier alpha value is -3.14. The molecule has 1 atom stereocenters. The highest BCUT2D eigenvalue weighted by molar-refractivity contribution is 7.98. The number of non-ortho nitro benzene ring substituents is 1. The van der Waals surface area contributed by atoms with Gasteiger partial charge in [-0.2, -0.15) is 0 Å². The summed E-state index contributed by atoms with van der Waals surface area (Å²) in [4.78, 5) is 43.6. The first-order valence-corrected chi connectivity index (χ1v) is 10.1. The highest BCUT2D eigenvalue weighted by atomic mass is 32.2. The predicted octanol–water partition coefficient (Wildman–Crippen LogP) is 3.18. The van der Waals surface area contributed by atoms with Gasteiger partial charge in [0.1, 0.15) is 5.82 Å². The Bertz CT molecular complexity index is 1080. The van der Waals surface area contributed by atoms with Gasteiger partial charge in [-0.3, -0.25) is 14.9 Å². The van der Waals surface area contributed by atoms with Gasteiger partial charge in [-0.15, -0.1) is 0 Å². The van der Waals surface area contributed by atoms with Gasteiger partial charge in [-0.25, -0.2) is 9.78 Å². The van der Waals surface area contributed by atoms with Crippen molar-refractivity contribution in [2.45, 2.75) is 37.9 Å². The standard InChI is InChI=1S/C19H20N4O5S/c1-9(2)28-18(25)13-10(3)20-16-15(17(24)22-19(21-16)29-4)14(13)11-6-5-7-12(8-11)23(26)27/h5-9,14H,1-4H3,(H2,20,21,22,24). The van der Waals surface area contributed by atoms with Crippen molar-refractivity contribution in [1.82, 2.24) is 9.97 Å². The molecule has 2 heterocycles. The van der Waals surface area contributed by atoms with Crippen molar-refractivity contribution in [1.29, 1.82) is 0 Å². The van der Waals surface area contributed by atoms with Crippen molar-refractivity contribution in [3.63, 3.8) is 0 Å². The molecule has 1 aromatic carbocycles. The second-order valence-corrected chi connectivity index (χ2v) is 7.54. The molecule has 0 spiro atoms. The number of aromatic nitrogens is 2. The number of nitrogens with zero attached hydrogens (tertiary/aromatic N) is 2. The van der Waals surface area contributed by atoms with Crippen molar-refractivity contribution in [3.05, 3.63) is 67.1 Å². The molecule has 0 bridgehead atoms. The summed E-state index contributed by atoms with van der Waals surface area (Å²) >= 11 is 1.27. The topological polar surface area (TPSA) is 127 Å². The fourth-order valence-corrected chi connectivity index (χ4v) is 3.60. The van der Waals surface area contributed by atoms with Gasteiger partial charge >= 0.3 is 5.97 Å². The van der Waals surface area contributed by atoms with Gasteiger partial charge < -0.3 is 15.0 Å². The van der Waals surface area contributed by atoms with E-state index in [0.29, 0.717) is 22.2 Å². The highest BCUT2D eigenvalue weighted by Crippen LogP contribution is 2.40. The average Bonchev–Trinajstić information content (AvgIpc) is 2.65. The fraction of sp³-hybridized carbons (Fsp3) is 0.316. The Morgan fingerprint density at radius 2 is 2.10 bits per heavy atom. The molecule has 0 saturated carbocycles. The first kappa shape index (κ1) is 20.6. The van der Waals surface area contributed by atoms with Crippen LogP contribution in [0.25, 0.3) is 0 Å². The number of carbonyl (C=O) groups excluding carboxylic acids is 1.